The van der Waals surface area contributed by atoms with E-state index in [-0.39, 0.29) is 11.1 Å². The van der Waals surface area contributed by atoms with Gasteiger partial charge in [0.15, 0.2) is 0 Å². The lowest BCUT2D eigenvalue weighted by molar-refractivity contribution is -0.137. The smallest absolute Gasteiger partial charge is 0.365 e. The zero-order valence-electron chi connectivity index (χ0n) is 14.3. The molecule has 0 aliphatic heterocycles. The van der Waals surface area contributed by atoms with Crippen LogP contribution in [0.15, 0.2) is 36.4 Å². The Kier molecular flexibility index (Phi) is 6.65. The molecule has 6 heteroatoms. The molecule has 1 nitrogen and oxygen atoms in total. The fourth-order valence-corrected chi connectivity index (χ4v) is 3.71. The molecule has 1 atom stereocenters. The van der Waals surface area contributed by atoms with Crippen molar-refractivity contribution in [2.45, 2.75) is 39.4 Å². The number of nitrogens with zero attached hydrogens (tertiary/aromatic N) is 1. The summed E-state index contributed by atoms with van der Waals surface area (Å²) in [6.45, 7) is 6.63. The second-order valence-corrected chi connectivity index (χ2v) is 7.45. The fourth-order valence-electron chi connectivity index (χ4n) is 2.94. The zero-order chi connectivity index (χ0) is 18.8. The molecule has 0 fully saturated rings. The van der Waals surface area contributed by atoms with E-state index in [1.807, 2.05) is 25.7 Å². The van der Waals surface area contributed by atoms with Crippen LogP contribution < -0.4 is 4.90 Å². The standard InChI is InChI=1S/C19H20ClF3IN/c1-4-18(13-7-6-12(3)17(24)10-13)25(5-2)14-8-9-16(20)15(11-14)19(21,22)23/h6-11,18H,4-5H2,1-3H3. The predicted octanol–water partition coefficient (Wildman–Crippen LogP) is 7.25. The van der Waals surface area contributed by atoms with E-state index in [1.165, 1.54) is 11.6 Å². The number of aryl methyl sites for hydroxylation is 1. The summed E-state index contributed by atoms with van der Waals surface area (Å²) in [7, 11) is 0. The Morgan fingerprint density at radius 3 is 2.32 bits per heavy atom. The number of halogens is 5. The topological polar surface area (TPSA) is 3.24 Å². The number of hydrogen-bond acceptors (Lipinski definition) is 1. The van der Waals surface area contributed by atoms with E-state index in [0.29, 0.717) is 12.2 Å². The lowest BCUT2D eigenvalue weighted by atomic mass is 10.00. The van der Waals surface area contributed by atoms with Crippen molar-refractivity contribution in [3.05, 3.63) is 61.7 Å². The van der Waals surface area contributed by atoms with Gasteiger partial charge in [-0.25, -0.2) is 0 Å². The van der Waals surface area contributed by atoms with Gasteiger partial charge in [-0.15, -0.1) is 0 Å². The minimum atomic E-state index is -4.46. The minimum Gasteiger partial charge on any atom is -0.365 e. The summed E-state index contributed by atoms with van der Waals surface area (Å²) in [6.07, 6.45) is -3.68. The molecule has 0 heterocycles. The quantitative estimate of drug-likeness (QED) is 0.407. The molecule has 0 spiro atoms. The first kappa shape index (κ1) is 20.4. The molecule has 0 N–H and O–H groups in total. The van der Waals surface area contributed by atoms with Crippen LogP contribution in [0, 0.1) is 10.5 Å². The molecule has 0 saturated heterocycles. The van der Waals surface area contributed by atoms with Gasteiger partial charge in [-0.05, 0) is 78.3 Å². The van der Waals surface area contributed by atoms with Crippen LogP contribution in [0.5, 0.6) is 0 Å². The lowest BCUT2D eigenvalue weighted by Gasteiger charge is -2.33. The van der Waals surface area contributed by atoms with Gasteiger partial charge in [-0.3, -0.25) is 0 Å². The first-order valence-corrected chi connectivity index (χ1v) is 9.54. The molecule has 136 valence electrons. The van der Waals surface area contributed by atoms with Crippen molar-refractivity contribution in [2.75, 3.05) is 11.4 Å². The van der Waals surface area contributed by atoms with Crippen LogP contribution in [0.1, 0.15) is 43.0 Å². The molecular formula is C19H20ClF3IN. The number of benzene rings is 2. The summed E-state index contributed by atoms with van der Waals surface area (Å²) in [4.78, 5) is 1.99. The summed E-state index contributed by atoms with van der Waals surface area (Å²) in [5.74, 6) is 0. The molecule has 0 bridgehead atoms. The van der Waals surface area contributed by atoms with E-state index in [1.54, 1.807) is 6.07 Å². The predicted molar refractivity (Wildman–Crippen MR) is 106 cm³/mol. The van der Waals surface area contributed by atoms with Crippen molar-refractivity contribution in [1.29, 1.82) is 0 Å². The van der Waals surface area contributed by atoms with Crippen molar-refractivity contribution in [1.82, 2.24) is 0 Å². The third-order valence-electron chi connectivity index (χ3n) is 4.27. The summed E-state index contributed by atoms with van der Waals surface area (Å²) in [5.41, 5.74) is 2.02. The van der Waals surface area contributed by atoms with Crippen LogP contribution in [-0.4, -0.2) is 6.54 Å². The fraction of sp³-hybridized carbons (Fsp3) is 0.368. The molecule has 25 heavy (non-hydrogen) atoms. The SMILES string of the molecule is CCC(c1ccc(C)c(I)c1)N(CC)c1ccc(Cl)c(C(F)(F)F)c1. The maximum Gasteiger partial charge on any atom is 0.417 e. The van der Waals surface area contributed by atoms with Crippen LogP contribution in [0.2, 0.25) is 5.02 Å². The van der Waals surface area contributed by atoms with Gasteiger partial charge < -0.3 is 4.90 Å². The molecule has 0 aliphatic carbocycles. The molecule has 0 aliphatic rings. The summed E-state index contributed by atoms with van der Waals surface area (Å²) in [6, 6.07) is 10.3. The molecule has 0 saturated carbocycles. The highest BCUT2D eigenvalue weighted by Crippen LogP contribution is 2.39. The molecular weight excluding hydrogens is 462 g/mol. The van der Waals surface area contributed by atoms with Crippen LogP contribution in [0.4, 0.5) is 18.9 Å². The summed E-state index contributed by atoms with van der Waals surface area (Å²) < 4.78 is 40.7. The summed E-state index contributed by atoms with van der Waals surface area (Å²) in [5, 5.41) is -0.273. The molecule has 0 amide bonds. The average Bonchev–Trinajstić information content (AvgIpc) is 2.55. The molecule has 2 rings (SSSR count). The van der Waals surface area contributed by atoms with Crippen LogP contribution in [0.3, 0.4) is 0 Å². The monoisotopic (exact) mass is 481 g/mol. The lowest BCUT2D eigenvalue weighted by Crippen LogP contribution is -2.28. The molecule has 2 aromatic carbocycles. The Bertz CT molecular complexity index is 746. The second-order valence-electron chi connectivity index (χ2n) is 5.88. The highest BCUT2D eigenvalue weighted by molar-refractivity contribution is 14.1. The Morgan fingerprint density at radius 1 is 1.12 bits per heavy atom. The van der Waals surface area contributed by atoms with Crippen molar-refractivity contribution >= 4 is 39.9 Å². The van der Waals surface area contributed by atoms with Gasteiger partial charge >= 0.3 is 6.18 Å². The van der Waals surface area contributed by atoms with Crippen molar-refractivity contribution in [3.63, 3.8) is 0 Å². The van der Waals surface area contributed by atoms with Gasteiger partial charge in [0.1, 0.15) is 0 Å². The van der Waals surface area contributed by atoms with Crippen molar-refractivity contribution in [2.24, 2.45) is 0 Å². The highest BCUT2D eigenvalue weighted by Gasteiger charge is 2.34. The van der Waals surface area contributed by atoms with Gasteiger partial charge in [-0.1, -0.05) is 30.7 Å². The van der Waals surface area contributed by atoms with Gasteiger partial charge in [0.05, 0.1) is 16.6 Å². The molecule has 2 aromatic rings. The number of anilines is 1. The molecule has 1 unspecified atom stereocenters. The van der Waals surface area contributed by atoms with Gasteiger partial charge in [0.25, 0.3) is 0 Å². The number of rotatable bonds is 5. The maximum absolute atomic E-state index is 13.2. The van der Waals surface area contributed by atoms with E-state index in [9.17, 15) is 13.2 Å². The number of alkyl halides is 3. The van der Waals surface area contributed by atoms with E-state index < -0.39 is 11.7 Å². The van der Waals surface area contributed by atoms with E-state index in [2.05, 4.69) is 40.8 Å². The van der Waals surface area contributed by atoms with Crippen molar-refractivity contribution in [3.8, 4) is 0 Å². The van der Waals surface area contributed by atoms with Gasteiger partial charge in [0.2, 0.25) is 0 Å². The first-order chi connectivity index (χ1) is 11.7. The van der Waals surface area contributed by atoms with E-state index >= 15 is 0 Å². The van der Waals surface area contributed by atoms with Crippen molar-refractivity contribution < 1.29 is 13.2 Å². The third kappa shape index (κ3) is 4.61. The maximum atomic E-state index is 13.2. The van der Waals surface area contributed by atoms with Crippen LogP contribution in [-0.2, 0) is 6.18 Å². The van der Waals surface area contributed by atoms with Gasteiger partial charge in [-0.2, -0.15) is 13.2 Å². The Labute approximate surface area is 165 Å². The zero-order valence-corrected chi connectivity index (χ0v) is 17.2. The first-order valence-electron chi connectivity index (χ1n) is 8.08. The number of hydrogen-bond donors (Lipinski definition) is 0. The molecule has 0 radical (unpaired) electrons. The van der Waals surface area contributed by atoms with Gasteiger partial charge in [0, 0.05) is 15.8 Å². The Morgan fingerprint density at radius 2 is 1.80 bits per heavy atom. The highest BCUT2D eigenvalue weighted by atomic mass is 127. The Balaban J connectivity index is 2.48. The normalized spacial score (nSPS) is 13.0. The van der Waals surface area contributed by atoms with E-state index in [4.69, 9.17) is 11.6 Å². The third-order valence-corrected chi connectivity index (χ3v) is 5.76. The second kappa shape index (κ2) is 8.16. The Hall–Kier alpha value is -0.950. The minimum absolute atomic E-state index is 0.00127. The van der Waals surface area contributed by atoms with Crippen LogP contribution in [0.25, 0.3) is 0 Å². The average molecular weight is 482 g/mol. The van der Waals surface area contributed by atoms with Crippen LogP contribution >= 0.6 is 34.2 Å². The summed E-state index contributed by atoms with van der Waals surface area (Å²) >= 11 is 8.04. The largest absolute Gasteiger partial charge is 0.417 e. The van der Waals surface area contributed by atoms with E-state index in [0.717, 1.165) is 21.6 Å². The molecule has 0 aromatic heterocycles.